The molecule has 0 bridgehead atoms. The SMILES string of the molecule is CNC(CSc1ncc[nH]1)C(N)=O. The Kier molecular flexibility index (Phi) is 3.78. The molecule has 1 unspecified atom stereocenters. The highest BCUT2D eigenvalue weighted by Gasteiger charge is 2.12. The van der Waals surface area contributed by atoms with Gasteiger partial charge < -0.3 is 16.0 Å². The third kappa shape index (κ3) is 3.08. The molecule has 0 saturated heterocycles. The van der Waals surface area contributed by atoms with Crippen molar-refractivity contribution < 1.29 is 4.79 Å². The van der Waals surface area contributed by atoms with Crippen LogP contribution in [-0.2, 0) is 4.79 Å². The number of aromatic amines is 1. The zero-order valence-electron chi connectivity index (χ0n) is 7.28. The van der Waals surface area contributed by atoms with Gasteiger partial charge in [0.15, 0.2) is 5.16 Å². The van der Waals surface area contributed by atoms with Crippen LogP contribution in [0.15, 0.2) is 17.6 Å². The number of nitrogens with one attached hydrogen (secondary N) is 2. The van der Waals surface area contributed by atoms with Crippen molar-refractivity contribution in [1.29, 1.82) is 0 Å². The van der Waals surface area contributed by atoms with E-state index in [1.165, 1.54) is 11.8 Å². The second-order valence-electron chi connectivity index (χ2n) is 2.45. The molecule has 5 nitrogen and oxygen atoms in total. The predicted octanol–water partition coefficient (Wildman–Crippen LogP) is -0.425. The Morgan fingerprint density at radius 2 is 2.69 bits per heavy atom. The minimum atomic E-state index is -0.346. The predicted molar refractivity (Wildman–Crippen MR) is 51.4 cm³/mol. The number of H-pyrrole nitrogens is 1. The van der Waals surface area contributed by atoms with Gasteiger partial charge in [0.05, 0.1) is 6.04 Å². The summed E-state index contributed by atoms with van der Waals surface area (Å²) in [6.07, 6.45) is 3.40. The number of rotatable bonds is 5. The molecule has 0 aromatic carbocycles. The van der Waals surface area contributed by atoms with Gasteiger partial charge in [-0.25, -0.2) is 4.98 Å². The number of primary amides is 1. The first-order valence-electron chi connectivity index (χ1n) is 3.83. The van der Waals surface area contributed by atoms with E-state index in [2.05, 4.69) is 15.3 Å². The summed E-state index contributed by atoms with van der Waals surface area (Å²) in [6, 6.07) is -0.310. The molecule has 1 atom stereocenters. The van der Waals surface area contributed by atoms with Crippen LogP contribution in [0.4, 0.5) is 0 Å². The molecule has 1 aromatic rings. The Balaban J connectivity index is 2.36. The van der Waals surface area contributed by atoms with Crippen molar-refractivity contribution in [3.05, 3.63) is 12.4 Å². The van der Waals surface area contributed by atoms with Gasteiger partial charge in [-0.2, -0.15) is 0 Å². The fourth-order valence-corrected chi connectivity index (χ4v) is 1.74. The lowest BCUT2D eigenvalue weighted by Crippen LogP contribution is -2.41. The van der Waals surface area contributed by atoms with E-state index in [9.17, 15) is 4.79 Å². The summed E-state index contributed by atoms with van der Waals surface area (Å²) in [5.41, 5.74) is 5.14. The molecule has 72 valence electrons. The number of hydrogen-bond acceptors (Lipinski definition) is 4. The average molecular weight is 200 g/mol. The van der Waals surface area contributed by atoms with Gasteiger partial charge in [-0.1, -0.05) is 11.8 Å². The number of amides is 1. The van der Waals surface area contributed by atoms with E-state index in [1.807, 2.05) is 0 Å². The van der Waals surface area contributed by atoms with E-state index in [1.54, 1.807) is 19.4 Å². The number of likely N-dealkylation sites (N-methyl/N-ethyl adjacent to an activating group) is 1. The van der Waals surface area contributed by atoms with Crippen molar-refractivity contribution in [1.82, 2.24) is 15.3 Å². The highest BCUT2D eigenvalue weighted by Crippen LogP contribution is 2.12. The zero-order chi connectivity index (χ0) is 9.68. The van der Waals surface area contributed by atoms with Crippen LogP contribution in [0.5, 0.6) is 0 Å². The van der Waals surface area contributed by atoms with Gasteiger partial charge in [-0.15, -0.1) is 0 Å². The molecule has 0 aliphatic carbocycles. The van der Waals surface area contributed by atoms with Gasteiger partial charge in [-0.05, 0) is 7.05 Å². The fourth-order valence-electron chi connectivity index (χ4n) is 0.800. The fraction of sp³-hybridized carbons (Fsp3) is 0.429. The summed E-state index contributed by atoms with van der Waals surface area (Å²) in [6.45, 7) is 0. The molecule has 1 rings (SSSR count). The van der Waals surface area contributed by atoms with Crippen molar-refractivity contribution in [3.8, 4) is 0 Å². The third-order valence-corrected chi connectivity index (χ3v) is 2.55. The van der Waals surface area contributed by atoms with Crippen LogP contribution in [0.25, 0.3) is 0 Å². The molecule has 6 heteroatoms. The molecule has 0 spiro atoms. The monoisotopic (exact) mass is 200 g/mol. The van der Waals surface area contributed by atoms with Crippen LogP contribution in [0.3, 0.4) is 0 Å². The van der Waals surface area contributed by atoms with E-state index in [0.717, 1.165) is 5.16 Å². The zero-order valence-corrected chi connectivity index (χ0v) is 8.10. The van der Waals surface area contributed by atoms with Crippen LogP contribution in [0, 0.1) is 0 Å². The average Bonchev–Trinajstić information content (AvgIpc) is 2.57. The van der Waals surface area contributed by atoms with E-state index in [-0.39, 0.29) is 11.9 Å². The quantitative estimate of drug-likeness (QED) is 0.563. The molecule has 0 aliphatic rings. The Labute approximate surface area is 80.5 Å². The molecular formula is C7H12N4OS. The molecule has 4 N–H and O–H groups in total. The first-order valence-corrected chi connectivity index (χ1v) is 4.81. The summed E-state index contributed by atoms with van der Waals surface area (Å²) in [5.74, 6) is 0.237. The van der Waals surface area contributed by atoms with Gasteiger partial charge >= 0.3 is 0 Å². The molecule has 13 heavy (non-hydrogen) atoms. The van der Waals surface area contributed by atoms with E-state index < -0.39 is 0 Å². The van der Waals surface area contributed by atoms with Gasteiger partial charge in [0.1, 0.15) is 0 Å². The van der Waals surface area contributed by atoms with Gasteiger partial charge in [0.25, 0.3) is 0 Å². The summed E-state index contributed by atoms with van der Waals surface area (Å²) in [5, 5.41) is 3.62. The lowest BCUT2D eigenvalue weighted by molar-refractivity contribution is -0.119. The largest absolute Gasteiger partial charge is 0.368 e. The topological polar surface area (TPSA) is 83.8 Å². The maximum atomic E-state index is 10.8. The number of carbonyl (C=O) groups excluding carboxylic acids is 1. The third-order valence-electron chi connectivity index (χ3n) is 1.55. The molecule has 1 aromatic heterocycles. The maximum Gasteiger partial charge on any atom is 0.235 e. The number of aromatic nitrogens is 2. The maximum absolute atomic E-state index is 10.8. The summed E-state index contributed by atoms with van der Waals surface area (Å²) in [4.78, 5) is 17.7. The van der Waals surface area contributed by atoms with Crippen molar-refractivity contribution in [2.24, 2.45) is 5.73 Å². The molecule has 0 aliphatic heterocycles. The summed E-state index contributed by atoms with van der Waals surface area (Å²) >= 11 is 1.46. The smallest absolute Gasteiger partial charge is 0.235 e. The Morgan fingerprint density at radius 3 is 3.15 bits per heavy atom. The van der Waals surface area contributed by atoms with Gasteiger partial charge in [-0.3, -0.25) is 4.79 Å². The standard InChI is InChI=1S/C7H12N4OS/c1-9-5(6(8)12)4-13-7-10-2-3-11-7/h2-3,5,9H,4H2,1H3,(H2,8,12)(H,10,11). The summed E-state index contributed by atoms with van der Waals surface area (Å²) < 4.78 is 0. The van der Waals surface area contributed by atoms with E-state index in [4.69, 9.17) is 5.73 Å². The van der Waals surface area contributed by atoms with Crippen LogP contribution in [-0.4, -0.2) is 34.7 Å². The number of carbonyl (C=O) groups is 1. The molecular weight excluding hydrogens is 188 g/mol. The lowest BCUT2D eigenvalue weighted by atomic mass is 10.3. The normalized spacial score (nSPS) is 12.7. The number of thioether (sulfide) groups is 1. The number of imidazole rings is 1. The van der Waals surface area contributed by atoms with E-state index in [0.29, 0.717) is 5.75 Å². The van der Waals surface area contributed by atoms with Crippen molar-refractivity contribution >= 4 is 17.7 Å². The Morgan fingerprint density at radius 1 is 1.92 bits per heavy atom. The van der Waals surface area contributed by atoms with Crippen molar-refractivity contribution in [3.63, 3.8) is 0 Å². The van der Waals surface area contributed by atoms with Crippen LogP contribution in [0.1, 0.15) is 0 Å². The molecule has 0 radical (unpaired) electrons. The van der Waals surface area contributed by atoms with Crippen LogP contribution in [0.2, 0.25) is 0 Å². The minimum Gasteiger partial charge on any atom is -0.368 e. The Bertz CT molecular complexity index is 261. The number of hydrogen-bond donors (Lipinski definition) is 3. The van der Waals surface area contributed by atoms with Gasteiger partial charge in [0.2, 0.25) is 5.91 Å². The Hall–Kier alpha value is -1.01. The highest BCUT2D eigenvalue weighted by atomic mass is 32.2. The van der Waals surface area contributed by atoms with Crippen molar-refractivity contribution in [2.45, 2.75) is 11.2 Å². The second kappa shape index (κ2) is 4.88. The molecule has 1 heterocycles. The molecule has 1 amide bonds. The number of nitrogens with two attached hydrogens (primary N) is 1. The van der Waals surface area contributed by atoms with Crippen LogP contribution < -0.4 is 11.1 Å². The molecule has 0 fully saturated rings. The number of nitrogens with zero attached hydrogens (tertiary/aromatic N) is 1. The van der Waals surface area contributed by atoms with Crippen molar-refractivity contribution in [2.75, 3.05) is 12.8 Å². The first kappa shape index (κ1) is 10.1. The molecule has 0 saturated carbocycles. The lowest BCUT2D eigenvalue weighted by Gasteiger charge is -2.09. The minimum absolute atomic E-state index is 0.310. The van der Waals surface area contributed by atoms with Crippen LogP contribution >= 0.6 is 11.8 Å². The second-order valence-corrected chi connectivity index (χ2v) is 3.46. The first-order chi connectivity index (χ1) is 6.24. The van der Waals surface area contributed by atoms with E-state index >= 15 is 0 Å². The van der Waals surface area contributed by atoms with Gasteiger partial charge in [0, 0.05) is 18.1 Å². The summed E-state index contributed by atoms with van der Waals surface area (Å²) in [7, 11) is 1.71. The highest BCUT2D eigenvalue weighted by molar-refractivity contribution is 7.99.